The van der Waals surface area contributed by atoms with Crippen LogP contribution >= 0.6 is 0 Å². The molecule has 28 heavy (non-hydrogen) atoms. The summed E-state index contributed by atoms with van der Waals surface area (Å²) in [5.41, 5.74) is 12.5. The first-order valence-electron chi connectivity index (χ1n) is 9.17. The van der Waals surface area contributed by atoms with Gasteiger partial charge in [-0.15, -0.1) is 0 Å². The Labute approximate surface area is 163 Å². The number of carbonyl (C=O) groups excluding carboxylic acids is 2. The molecule has 4 nitrogen and oxygen atoms in total. The van der Waals surface area contributed by atoms with E-state index in [1.165, 1.54) is 12.1 Å². The number of nitrogens with two attached hydrogens (primary N) is 1. The second kappa shape index (κ2) is 6.44. The molecule has 0 saturated carbocycles. The zero-order valence-corrected chi connectivity index (χ0v) is 15.9. The second-order valence-electron chi connectivity index (χ2n) is 7.42. The van der Waals surface area contributed by atoms with Crippen molar-refractivity contribution in [3.8, 4) is 11.1 Å². The molecular formula is C23H21FN2O2. The number of allylic oxidation sites excluding steroid dienone is 2. The number of amides is 2. The summed E-state index contributed by atoms with van der Waals surface area (Å²) < 4.78 is 15.3. The summed E-state index contributed by atoms with van der Waals surface area (Å²) in [5, 5.41) is 0. The highest BCUT2D eigenvalue weighted by Gasteiger charge is 2.31. The number of carbonyl (C=O) groups is 2. The molecule has 1 heterocycles. The maximum absolute atomic E-state index is 15.3. The molecule has 0 spiro atoms. The van der Waals surface area contributed by atoms with Crippen LogP contribution in [0.5, 0.6) is 0 Å². The Morgan fingerprint density at radius 3 is 2.61 bits per heavy atom. The first-order chi connectivity index (χ1) is 13.3. The summed E-state index contributed by atoms with van der Waals surface area (Å²) in [5.74, 6) is -1.24. The first-order valence-corrected chi connectivity index (χ1v) is 9.17. The van der Waals surface area contributed by atoms with Crippen molar-refractivity contribution < 1.29 is 14.0 Å². The van der Waals surface area contributed by atoms with Gasteiger partial charge in [-0.25, -0.2) is 4.39 Å². The van der Waals surface area contributed by atoms with Crippen molar-refractivity contribution in [3.63, 3.8) is 0 Å². The normalized spacial score (nSPS) is 14.9. The zero-order chi connectivity index (χ0) is 20.2. The van der Waals surface area contributed by atoms with Crippen molar-refractivity contribution in [2.45, 2.75) is 33.4 Å². The third kappa shape index (κ3) is 2.58. The summed E-state index contributed by atoms with van der Waals surface area (Å²) >= 11 is 0. The standard InChI is InChI=1S/C23H21FN2O2/c1-4-20(27)26-10-14-6-5-7-15(18(14)11-26)22-19(24)9-17(23(25)28)16-8-12(2)13(3)21(16)22/h4-7,9H,1,8,10-11H2,2-3H3,(H2,25,28). The molecule has 0 aromatic heterocycles. The molecule has 142 valence electrons. The van der Waals surface area contributed by atoms with Crippen LogP contribution in [0.4, 0.5) is 4.39 Å². The summed E-state index contributed by atoms with van der Waals surface area (Å²) in [6, 6.07) is 6.97. The van der Waals surface area contributed by atoms with Crippen LogP contribution in [0.3, 0.4) is 0 Å². The molecule has 1 aliphatic heterocycles. The molecule has 2 N–H and O–H groups in total. The molecule has 0 fully saturated rings. The lowest BCUT2D eigenvalue weighted by atomic mass is 9.87. The molecule has 2 aromatic carbocycles. The van der Waals surface area contributed by atoms with Crippen molar-refractivity contribution in [2.24, 2.45) is 5.73 Å². The van der Waals surface area contributed by atoms with Crippen LogP contribution in [0.1, 0.15) is 46.5 Å². The minimum Gasteiger partial charge on any atom is -0.366 e. The number of benzene rings is 2. The lowest BCUT2D eigenvalue weighted by Gasteiger charge is -2.17. The number of rotatable bonds is 3. The number of halogens is 1. The summed E-state index contributed by atoms with van der Waals surface area (Å²) in [6.07, 6.45) is 1.88. The van der Waals surface area contributed by atoms with E-state index in [-0.39, 0.29) is 11.5 Å². The number of primary amides is 1. The monoisotopic (exact) mass is 376 g/mol. The minimum absolute atomic E-state index is 0.149. The maximum Gasteiger partial charge on any atom is 0.249 e. The number of hydrogen-bond acceptors (Lipinski definition) is 2. The SMILES string of the molecule is C=CC(=O)N1Cc2cccc(-c3c(F)cc(C(N)=O)c4c3C(C)=C(C)C4)c2C1. The highest BCUT2D eigenvalue weighted by molar-refractivity contribution is 6.00. The third-order valence-corrected chi connectivity index (χ3v) is 5.85. The molecule has 0 saturated heterocycles. The van der Waals surface area contributed by atoms with Crippen LogP contribution in [-0.2, 0) is 24.3 Å². The van der Waals surface area contributed by atoms with Gasteiger partial charge in [0.2, 0.25) is 11.8 Å². The van der Waals surface area contributed by atoms with Crippen molar-refractivity contribution in [1.82, 2.24) is 4.90 Å². The first kappa shape index (κ1) is 18.2. The Balaban J connectivity index is 1.96. The van der Waals surface area contributed by atoms with Gasteiger partial charge in [-0.2, -0.15) is 0 Å². The summed E-state index contributed by atoms with van der Waals surface area (Å²) in [6.45, 7) is 8.37. The average Bonchev–Trinajstić information content (AvgIpc) is 3.23. The lowest BCUT2D eigenvalue weighted by Crippen LogP contribution is -2.22. The molecule has 4 rings (SSSR count). The predicted molar refractivity (Wildman–Crippen MR) is 107 cm³/mol. The quantitative estimate of drug-likeness (QED) is 0.824. The van der Waals surface area contributed by atoms with E-state index in [1.807, 2.05) is 32.0 Å². The van der Waals surface area contributed by atoms with Gasteiger partial charge in [0.05, 0.1) is 0 Å². The fraction of sp³-hybridized carbons (Fsp3) is 0.217. The molecule has 0 bridgehead atoms. The van der Waals surface area contributed by atoms with E-state index in [0.717, 1.165) is 39.0 Å². The van der Waals surface area contributed by atoms with Crippen LogP contribution in [0.25, 0.3) is 16.7 Å². The van der Waals surface area contributed by atoms with Gasteiger partial charge in [-0.05, 0) is 65.8 Å². The zero-order valence-electron chi connectivity index (χ0n) is 15.9. The number of hydrogen-bond donors (Lipinski definition) is 1. The van der Waals surface area contributed by atoms with E-state index >= 15 is 4.39 Å². The third-order valence-electron chi connectivity index (χ3n) is 5.85. The molecule has 1 aliphatic carbocycles. The second-order valence-corrected chi connectivity index (χ2v) is 7.42. The van der Waals surface area contributed by atoms with Gasteiger partial charge in [-0.1, -0.05) is 30.4 Å². The van der Waals surface area contributed by atoms with Crippen LogP contribution in [-0.4, -0.2) is 16.7 Å². The number of nitrogens with zero attached hydrogens (tertiary/aromatic N) is 1. The fourth-order valence-electron chi connectivity index (χ4n) is 4.32. The van der Waals surface area contributed by atoms with Crippen molar-refractivity contribution in [3.05, 3.63) is 76.1 Å². The topological polar surface area (TPSA) is 63.4 Å². The molecule has 5 heteroatoms. The average molecular weight is 376 g/mol. The van der Waals surface area contributed by atoms with E-state index in [4.69, 9.17) is 5.73 Å². The van der Waals surface area contributed by atoms with E-state index in [9.17, 15) is 9.59 Å². The smallest absolute Gasteiger partial charge is 0.249 e. The minimum atomic E-state index is -0.620. The van der Waals surface area contributed by atoms with Gasteiger partial charge < -0.3 is 10.6 Å². The maximum atomic E-state index is 15.3. The Kier molecular flexibility index (Phi) is 4.18. The summed E-state index contributed by atoms with van der Waals surface area (Å²) in [7, 11) is 0. The van der Waals surface area contributed by atoms with Crippen molar-refractivity contribution in [1.29, 1.82) is 0 Å². The molecule has 2 aliphatic rings. The molecule has 2 aromatic rings. The molecule has 0 atom stereocenters. The van der Waals surface area contributed by atoms with Crippen LogP contribution < -0.4 is 5.73 Å². The van der Waals surface area contributed by atoms with E-state index < -0.39 is 11.7 Å². The predicted octanol–water partition coefficient (Wildman–Crippen LogP) is 3.97. The largest absolute Gasteiger partial charge is 0.366 e. The fourth-order valence-corrected chi connectivity index (χ4v) is 4.32. The number of fused-ring (bicyclic) bond motifs is 2. The molecule has 0 unspecified atom stereocenters. The highest BCUT2D eigenvalue weighted by Crippen LogP contribution is 2.44. The van der Waals surface area contributed by atoms with Gasteiger partial charge in [0.25, 0.3) is 0 Å². The van der Waals surface area contributed by atoms with E-state index in [0.29, 0.717) is 25.1 Å². The van der Waals surface area contributed by atoms with Crippen LogP contribution in [0, 0.1) is 5.82 Å². The Bertz CT molecular complexity index is 1100. The van der Waals surface area contributed by atoms with E-state index in [2.05, 4.69) is 6.58 Å². The van der Waals surface area contributed by atoms with Crippen molar-refractivity contribution in [2.75, 3.05) is 0 Å². The van der Waals surface area contributed by atoms with E-state index in [1.54, 1.807) is 4.90 Å². The van der Waals surface area contributed by atoms with Crippen molar-refractivity contribution >= 4 is 17.4 Å². The highest BCUT2D eigenvalue weighted by atomic mass is 19.1. The van der Waals surface area contributed by atoms with Gasteiger partial charge in [0.1, 0.15) is 5.82 Å². The Morgan fingerprint density at radius 1 is 1.18 bits per heavy atom. The van der Waals surface area contributed by atoms with Crippen LogP contribution in [0.15, 0.2) is 42.5 Å². The lowest BCUT2D eigenvalue weighted by molar-refractivity contribution is -0.126. The van der Waals surface area contributed by atoms with Gasteiger partial charge in [0.15, 0.2) is 0 Å². The van der Waals surface area contributed by atoms with Crippen LogP contribution in [0.2, 0.25) is 0 Å². The van der Waals surface area contributed by atoms with Gasteiger partial charge in [0, 0.05) is 24.2 Å². The molecular weight excluding hydrogens is 355 g/mol. The molecule has 2 amide bonds. The summed E-state index contributed by atoms with van der Waals surface area (Å²) in [4.78, 5) is 25.7. The Hall–Kier alpha value is -3.21. The molecule has 0 radical (unpaired) electrons. The Morgan fingerprint density at radius 2 is 1.93 bits per heavy atom. The van der Waals surface area contributed by atoms with Gasteiger partial charge >= 0.3 is 0 Å². The van der Waals surface area contributed by atoms with Gasteiger partial charge in [-0.3, -0.25) is 9.59 Å².